The van der Waals surface area contributed by atoms with Crippen molar-refractivity contribution in [3.05, 3.63) is 11.8 Å². The van der Waals surface area contributed by atoms with Crippen LogP contribution in [0.4, 0.5) is 0 Å². The smallest absolute Gasteiger partial charge is 0.0852 e. The first kappa shape index (κ1) is 7.50. The molecule has 0 radical (unpaired) electrons. The summed E-state index contributed by atoms with van der Waals surface area (Å²) < 4.78 is 0. The van der Waals surface area contributed by atoms with E-state index in [0.717, 1.165) is 12.8 Å². The van der Waals surface area contributed by atoms with Crippen LogP contribution in [-0.2, 0) is 0 Å². The molecule has 0 spiro atoms. The highest BCUT2D eigenvalue weighted by molar-refractivity contribution is 4.85. The SMILES string of the molecule is C/C(O)=C/CCCN. The van der Waals surface area contributed by atoms with Crippen molar-refractivity contribution in [1.29, 1.82) is 0 Å². The maximum Gasteiger partial charge on any atom is 0.0852 e. The molecule has 0 aromatic carbocycles. The molecular formula is C6H13NO. The summed E-state index contributed by atoms with van der Waals surface area (Å²) in [4.78, 5) is 0. The fourth-order valence-corrected chi connectivity index (χ4v) is 0.429. The quantitative estimate of drug-likeness (QED) is 0.428. The topological polar surface area (TPSA) is 46.2 Å². The highest BCUT2D eigenvalue weighted by Crippen LogP contribution is 1.91. The maximum atomic E-state index is 8.60. The zero-order valence-electron chi connectivity index (χ0n) is 5.22. The van der Waals surface area contributed by atoms with Crippen molar-refractivity contribution < 1.29 is 5.11 Å². The number of allylic oxidation sites excluding steroid dienone is 2. The number of hydrogen-bond acceptors (Lipinski definition) is 2. The first-order chi connectivity index (χ1) is 3.77. The molecule has 0 aromatic heterocycles. The molecule has 8 heavy (non-hydrogen) atoms. The lowest BCUT2D eigenvalue weighted by atomic mass is 10.3. The van der Waals surface area contributed by atoms with E-state index in [0.29, 0.717) is 12.3 Å². The minimum absolute atomic E-state index is 0.387. The minimum Gasteiger partial charge on any atom is -0.513 e. The van der Waals surface area contributed by atoms with Crippen molar-refractivity contribution in [3.63, 3.8) is 0 Å². The second-order valence-electron chi connectivity index (χ2n) is 1.78. The Hall–Kier alpha value is -0.500. The second-order valence-corrected chi connectivity index (χ2v) is 1.78. The van der Waals surface area contributed by atoms with Crippen LogP contribution in [0.3, 0.4) is 0 Å². The van der Waals surface area contributed by atoms with Gasteiger partial charge in [0, 0.05) is 0 Å². The summed E-state index contributed by atoms with van der Waals surface area (Å²) >= 11 is 0. The molecule has 0 saturated carbocycles. The third kappa shape index (κ3) is 5.50. The molecule has 0 unspecified atom stereocenters. The van der Waals surface area contributed by atoms with Crippen LogP contribution in [0.5, 0.6) is 0 Å². The van der Waals surface area contributed by atoms with Crippen LogP contribution in [0.1, 0.15) is 19.8 Å². The lowest BCUT2D eigenvalue weighted by Gasteiger charge is -1.88. The van der Waals surface area contributed by atoms with Gasteiger partial charge in [0.05, 0.1) is 5.76 Å². The summed E-state index contributed by atoms with van der Waals surface area (Å²) in [5, 5.41) is 8.60. The Bertz CT molecular complexity index is 74.6. The predicted molar refractivity (Wildman–Crippen MR) is 34.7 cm³/mol. The van der Waals surface area contributed by atoms with Gasteiger partial charge in [-0.1, -0.05) is 0 Å². The summed E-state index contributed by atoms with van der Waals surface area (Å²) in [5.41, 5.74) is 5.20. The van der Waals surface area contributed by atoms with Crippen LogP contribution in [0.15, 0.2) is 11.8 Å². The van der Waals surface area contributed by atoms with Gasteiger partial charge in [-0.25, -0.2) is 0 Å². The van der Waals surface area contributed by atoms with Crippen molar-refractivity contribution in [2.45, 2.75) is 19.8 Å². The maximum absolute atomic E-state index is 8.60. The van der Waals surface area contributed by atoms with Gasteiger partial charge in [0.25, 0.3) is 0 Å². The van der Waals surface area contributed by atoms with E-state index < -0.39 is 0 Å². The Kier molecular flexibility index (Phi) is 4.36. The lowest BCUT2D eigenvalue weighted by Crippen LogP contribution is -1.96. The first-order valence-electron chi connectivity index (χ1n) is 2.83. The molecule has 0 aromatic rings. The Morgan fingerprint density at radius 3 is 2.75 bits per heavy atom. The van der Waals surface area contributed by atoms with Crippen molar-refractivity contribution in [1.82, 2.24) is 0 Å². The standard InChI is InChI=1S/C6H13NO/c1-6(8)4-2-3-5-7/h4,8H,2-3,5,7H2,1H3/b6-4-. The Labute approximate surface area is 50.0 Å². The largest absolute Gasteiger partial charge is 0.513 e. The van der Waals surface area contributed by atoms with Crippen molar-refractivity contribution >= 4 is 0 Å². The summed E-state index contributed by atoms with van der Waals surface area (Å²) in [6.45, 7) is 2.36. The molecule has 0 aliphatic carbocycles. The van der Waals surface area contributed by atoms with E-state index in [9.17, 15) is 0 Å². The average Bonchev–Trinajstić information content (AvgIpc) is 1.66. The molecule has 2 heteroatoms. The van der Waals surface area contributed by atoms with Crippen LogP contribution in [0, 0.1) is 0 Å². The average molecular weight is 115 g/mol. The van der Waals surface area contributed by atoms with Crippen LogP contribution in [0.2, 0.25) is 0 Å². The number of rotatable bonds is 3. The molecule has 3 N–H and O–H groups in total. The zero-order valence-corrected chi connectivity index (χ0v) is 5.22. The predicted octanol–water partition coefficient (Wildman–Crippen LogP) is 1.19. The molecule has 0 amide bonds. The van der Waals surface area contributed by atoms with Gasteiger partial charge in [-0.05, 0) is 32.4 Å². The summed E-state index contributed by atoms with van der Waals surface area (Å²) in [6, 6.07) is 0. The van der Waals surface area contributed by atoms with Gasteiger partial charge in [-0.3, -0.25) is 0 Å². The Morgan fingerprint density at radius 1 is 1.75 bits per heavy atom. The van der Waals surface area contributed by atoms with Crippen LogP contribution in [0.25, 0.3) is 0 Å². The molecule has 2 nitrogen and oxygen atoms in total. The highest BCUT2D eigenvalue weighted by atomic mass is 16.3. The van der Waals surface area contributed by atoms with Gasteiger partial charge in [0.15, 0.2) is 0 Å². The normalized spacial score (nSPS) is 12.0. The van der Waals surface area contributed by atoms with Gasteiger partial charge in [-0.2, -0.15) is 0 Å². The lowest BCUT2D eigenvalue weighted by molar-refractivity contribution is 0.411. The Balaban J connectivity index is 3.03. The monoisotopic (exact) mass is 115 g/mol. The third-order valence-electron chi connectivity index (χ3n) is 0.848. The van der Waals surface area contributed by atoms with Gasteiger partial charge < -0.3 is 10.8 Å². The van der Waals surface area contributed by atoms with Crippen molar-refractivity contribution in [2.24, 2.45) is 5.73 Å². The molecule has 0 heterocycles. The van der Waals surface area contributed by atoms with Crippen molar-refractivity contribution in [3.8, 4) is 0 Å². The Morgan fingerprint density at radius 2 is 2.38 bits per heavy atom. The summed E-state index contributed by atoms with van der Waals surface area (Å²) in [7, 11) is 0. The second kappa shape index (κ2) is 4.65. The van der Waals surface area contributed by atoms with E-state index in [1.54, 1.807) is 13.0 Å². The molecule has 0 aliphatic rings. The molecule has 0 fully saturated rings. The van der Waals surface area contributed by atoms with Crippen molar-refractivity contribution in [2.75, 3.05) is 6.54 Å². The van der Waals surface area contributed by atoms with E-state index >= 15 is 0 Å². The molecule has 0 saturated heterocycles. The van der Waals surface area contributed by atoms with E-state index in [4.69, 9.17) is 10.8 Å². The number of nitrogens with two attached hydrogens (primary N) is 1. The molecule has 48 valence electrons. The number of unbranched alkanes of at least 4 members (excludes halogenated alkanes) is 1. The van der Waals surface area contributed by atoms with Crippen LogP contribution < -0.4 is 5.73 Å². The fourth-order valence-electron chi connectivity index (χ4n) is 0.429. The summed E-state index contributed by atoms with van der Waals surface area (Å²) in [6.07, 6.45) is 3.61. The van der Waals surface area contributed by atoms with E-state index in [1.165, 1.54) is 0 Å². The molecule has 0 rings (SSSR count). The third-order valence-corrected chi connectivity index (χ3v) is 0.848. The van der Waals surface area contributed by atoms with E-state index in [2.05, 4.69) is 0 Å². The van der Waals surface area contributed by atoms with Crippen LogP contribution >= 0.6 is 0 Å². The molecule has 0 aliphatic heterocycles. The molecule has 0 atom stereocenters. The van der Waals surface area contributed by atoms with Gasteiger partial charge in [0.1, 0.15) is 0 Å². The van der Waals surface area contributed by atoms with Crippen LogP contribution in [-0.4, -0.2) is 11.7 Å². The minimum atomic E-state index is 0.387. The number of hydrogen-bond donors (Lipinski definition) is 2. The fraction of sp³-hybridized carbons (Fsp3) is 0.667. The zero-order chi connectivity index (χ0) is 6.41. The highest BCUT2D eigenvalue weighted by Gasteiger charge is 1.79. The van der Waals surface area contributed by atoms with Gasteiger partial charge >= 0.3 is 0 Å². The summed E-state index contributed by atoms with van der Waals surface area (Å²) in [5.74, 6) is 0.387. The molecular weight excluding hydrogens is 102 g/mol. The first-order valence-corrected chi connectivity index (χ1v) is 2.83. The number of aliphatic hydroxyl groups is 1. The van der Waals surface area contributed by atoms with E-state index in [1.807, 2.05) is 0 Å². The van der Waals surface area contributed by atoms with E-state index in [-0.39, 0.29) is 0 Å². The van der Waals surface area contributed by atoms with Gasteiger partial charge in [0.2, 0.25) is 0 Å². The molecule has 0 bridgehead atoms. The van der Waals surface area contributed by atoms with Gasteiger partial charge in [-0.15, -0.1) is 0 Å². The number of aliphatic hydroxyl groups excluding tert-OH is 1.